The quantitative estimate of drug-likeness (QED) is 0.436. The topological polar surface area (TPSA) is 69.0 Å². The standard InChI is InChI=1S/C21H22ClF3N4O3/c1-12(2)15-11-26-18-14(10-17(22)27-29(15)18)28(19(30)32-20(3,4)5)13-8-6-7-9-16(13)31-21(23,24)25/h6-12H,1-5H3. The van der Waals surface area contributed by atoms with Crippen molar-refractivity contribution in [3.63, 3.8) is 0 Å². The van der Waals surface area contributed by atoms with Crippen molar-refractivity contribution in [2.45, 2.75) is 52.5 Å². The molecule has 0 unspecified atom stereocenters. The number of carbonyl (C=O) groups excluding carboxylic acids is 1. The molecule has 7 nitrogen and oxygen atoms in total. The van der Waals surface area contributed by atoms with Crippen LogP contribution in [-0.2, 0) is 4.74 Å². The lowest BCUT2D eigenvalue weighted by atomic mass is 10.1. The summed E-state index contributed by atoms with van der Waals surface area (Å²) in [6, 6.07) is 6.58. The van der Waals surface area contributed by atoms with Gasteiger partial charge in [0.2, 0.25) is 0 Å². The number of halogens is 4. The second-order valence-corrected chi connectivity index (χ2v) is 8.64. The van der Waals surface area contributed by atoms with E-state index in [0.29, 0.717) is 5.69 Å². The lowest BCUT2D eigenvalue weighted by Gasteiger charge is -2.29. The summed E-state index contributed by atoms with van der Waals surface area (Å²) in [6.45, 7) is 8.77. The number of aromatic nitrogens is 3. The molecule has 3 aromatic rings. The van der Waals surface area contributed by atoms with E-state index >= 15 is 0 Å². The van der Waals surface area contributed by atoms with Crippen molar-refractivity contribution in [2.75, 3.05) is 4.90 Å². The van der Waals surface area contributed by atoms with Gasteiger partial charge in [-0.2, -0.15) is 5.10 Å². The molecule has 0 spiro atoms. The summed E-state index contributed by atoms with van der Waals surface area (Å²) in [5.74, 6) is -0.577. The number of nitrogens with zero attached hydrogens (tertiary/aromatic N) is 4. The molecule has 3 rings (SSSR count). The van der Waals surface area contributed by atoms with Gasteiger partial charge in [-0.05, 0) is 38.8 Å². The van der Waals surface area contributed by atoms with E-state index in [4.69, 9.17) is 16.3 Å². The van der Waals surface area contributed by atoms with Crippen molar-refractivity contribution >= 4 is 34.7 Å². The zero-order valence-corrected chi connectivity index (χ0v) is 18.8. The minimum atomic E-state index is -4.97. The van der Waals surface area contributed by atoms with Gasteiger partial charge in [-0.1, -0.05) is 37.6 Å². The number of hydrogen-bond donors (Lipinski definition) is 0. The summed E-state index contributed by atoms with van der Waals surface area (Å²) in [7, 11) is 0. The maximum atomic E-state index is 13.2. The lowest BCUT2D eigenvalue weighted by molar-refractivity contribution is -0.274. The lowest BCUT2D eigenvalue weighted by Crippen LogP contribution is -2.35. The van der Waals surface area contributed by atoms with Crippen LogP contribution in [0.1, 0.15) is 46.2 Å². The Morgan fingerprint density at radius 1 is 1.16 bits per heavy atom. The number of imidazole rings is 1. The van der Waals surface area contributed by atoms with Gasteiger partial charge in [0.1, 0.15) is 11.3 Å². The largest absolute Gasteiger partial charge is 0.573 e. The second kappa shape index (κ2) is 8.50. The van der Waals surface area contributed by atoms with Gasteiger partial charge < -0.3 is 9.47 Å². The van der Waals surface area contributed by atoms with Gasteiger partial charge in [0.25, 0.3) is 0 Å². The SMILES string of the molecule is CC(C)c1cnc2c(N(C(=O)OC(C)(C)C)c3ccccc3OC(F)(F)F)cc(Cl)nn12. The molecule has 0 N–H and O–H groups in total. The van der Waals surface area contributed by atoms with Gasteiger partial charge in [-0.3, -0.25) is 0 Å². The van der Waals surface area contributed by atoms with Gasteiger partial charge >= 0.3 is 12.5 Å². The minimum Gasteiger partial charge on any atom is -0.443 e. The molecule has 2 aromatic heterocycles. The molecule has 0 atom stereocenters. The van der Waals surface area contributed by atoms with Crippen molar-refractivity contribution in [1.29, 1.82) is 0 Å². The first-order valence-electron chi connectivity index (χ1n) is 9.69. The van der Waals surface area contributed by atoms with E-state index in [1.165, 1.54) is 28.8 Å². The van der Waals surface area contributed by atoms with Crippen molar-refractivity contribution in [3.05, 3.63) is 47.4 Å². The van der Waals surface area contributed by atoms with E-state index in [-0.39, 0.29) is 28.1 Å². The van der Waals surface area contributed by atoms with Gasteiger partial charge in [0.15, 0.2) is 16.5 Å². The fraction of sp³-hybridized carbons (Fsp3) is 0.381. The molecule has 1 aromatic carbocycles. The Kier molecular flexibility index (Phi) is 6.28. The van der Waals surface area contributed by atoms with Crippen LogP contribution in [0.25, 0.3) is 5.65 Å². The molecule has 2 heterocycles. The zero-order chi connectivity index (χ0) is 23.8. The van der Waals surface area contributed by atoms with E-state index in [1.54, 1.807) is 27.0 Å². The van der Waals surface area contributed by atoms with Gasteiger partial charge in [-0.15, -0.1) is 13.2 Å². The highest BCUT2D eigenvalue weighted by atomic mass is 35.5. The number of alkyl halides is 3. The van der Waals surface area contributed by atoms with Crippen molar-refractivity contribution in [1.82, 2.24) is 14.6 Å². The van der Waals surface area contributed by atoms with Crippen molar-refractivity contribution < 1.29 is 27.4 Å². The number of hydrogen-bond acceptors (Lipinski definition) is 5. The number of carbonyl (C=O) groups is 1. The minimum absolute atomic E-state index is 0.00943. The number of fused-ring (bicyclic) bond motifs is 1. The summed E-state index contributed by atoms with van der Waals surface area (Å²) in [5, 5.41) is 4.25. The fourth-order valence-corrected chi connectivity index (χ4v) is 3.16. The van der Waals surface area contributed by atoms with E-state index in [1.807, 2.05) is 13.8 Å². The molecule has 1 amide bonds. The first-order valence-corrected chi connectivity index (χ1v) is 10.1. The van der Waals surface area contributed by atoms with E-state index < -0.39 is 23.8 Å². The molecule has 0 fully saturated rings. The number of amides is 1. The molecule has 0 saturated heterocycles. The number of ether oxygens (including phenoxy) is 2. The van der Waals surface area contributed by atoms with E-state index in [9.17, 15) is 18.0 Å². The Labute approximate surface area is 187 Å². The van der Waals surface area contributed by atoms with Crippen LogP contribution >= 0.6 is 11.6 Å². The highest BCUT2D eigenvalue weighted by molar-refractivity contribution is 6.29. The summed E-state index contributed by atoms with van der Waals surface area (Å²) in [4.78, 5) is 18.5. The Hall–Kier alpha value is -3.01. The third-order valence-electron chi connectivity index (χ3n) is 4.19. The fourth-order valence-electron chi connectivity index (χ4n) is 2.99. The highest BCUT2D eigenvalue weighted by Gasteiger charge is 2.35. The normalized spacial score (nSPS) is 12.3. The summed E-state index contributed by atoms with van der Waals surface area (Å²) in [6.07, 6.45) is -4.34. The Balaban J connectivity index is 2.28. The van der Waals surface area contributed by atoms with Crippen LogP contribution in [0.15, 0.2) is 36.5 Å². The van der Waals surface area contributed by atoms with Crippen LogP contribution < -0.4 is 9.64 Å². The number of benzene rings is 1. The number of anilines is 2. The van der Waals surface area contributed by atoms with Crippen LogP contribution in [0.5, 0.6) is 5.75 Å². The molecule has 11 heteroatoms. The van der Waals surface area contributed by atoms with Crippen LogP contribution in [0, 0.1) is 0 Å². The maximum Gasteiger partial charge on any atom is 0.573 e. The zero-order valence-electron chi connectivity index (χ0n) is 18.1. The molecule has 0 bridgehead atoms. The van der Waals surface area contributed by atoms with Crippen LogP contribution in [-0.4, -0.2) is 32.7 Å². The third kappa shape index (κ3) is 5.24. The van der Waals surface area contributed by atoms with E-state index in [2.05, 4.69) is 14.8 Å². The summed E-state index contributed by atoms with van der Waals surface area (Å²) >= 11 is 6.22. The molecule has 0 aliphatic heterocycles. The number of rotatable bonds is 4. The molecule has 0 radical (unpaired) electrons. The third-order valence-corrected chi connectivity index (χ3v) is 4.37. The smallest absolute Gasteiger partial charge is 0.443 e. The predicted molar refractivity (Wildman–Crippen MR) is 114 cm³/mol. The second-order valence-electron chi connectivity index (χ2n) is 8.26. The molecule has 32 heavy (non-hydrogen) atoms. The van der Waals surface area contributed by atoms with Gasteiger partial charge in [0, 0.05) is 6.07 Å². The molecule has 172 valence electrons. The molecule has 0 aliphatic carbocycles. The average molecular weight is 471 g/mol. The first kappa shape index (κ1) is 23.6. The predicted octanol–water partition coefficient (Wildman–Crippen LogP) is 6.48. The summed E-state index contributed by atoms with van der Waals surface area (Å²) < 4.78 is 50.3. The Bertz CT molecular complexity index is 1140. The van der Waals surface area contributed by atoms with E-state index in [0.717, 1.165) is 11.0 Å². The molecular formula is C21H22ClF3N4O3. The molecule has 0 saturated carbocycles. The van der Waals surface area contributed by atoms with Crippen LogP contribution in [0.3, 0.4) is 0 Å². The first-order chi connectivity index (χ1) is 14.8. The summed E-state index contributed by atoms with van der Waals surface area (Å²) in [5.41, 5.74) is -0.124. The Morgan fingerprint density at radius 3 is 2.41 bits per heavy atom. The van der Waals surface area contributed by atoms with Crippen molar-refractivity contribution in [2.24, 2.45) is 0 Å². The van der Waals surface area contributed by atoms with Gasteiger partial charge in [-0.25, -0.2) is 19.2 Å². The monoisotopic (exact) mass is 470 g/mol. The maximum absolute atomic E-state index is 13.2. The van der Waals surface area contributed by atoms with Gasteiger partial charge in [0.05, 0.1) is 17.6 Å². The average Bonchev–Trinajstić information content (AvgIpc) is 3.04. The molecular weight excluding hydrogens is 449 g/mol. The Morgan fingerprint density at radius 2 is 1.81 bits per heavy atom. The van der Waals surface area contributed by atoms with Crippen LogP contribution in [0.4, 0.5) is 29.3 Å². The van der Waals surface area contributed by atoms with Crippen molar-refractivity contribution in [3.8, 4) is 5.75 Å². The highest BCUT2D eigenvalue weighted by Crippen LogP contribution is 2.40. The molecule has 0 aliphatic rings. The van der Waals surface area contributed by atoms with Crippen LogP contribution in [0.2, 0.25) is 5.15 Å². The number of para-hydroxylation sites is 2.